The van der Waals surface area contributed by atoms with Crippen LogP contribution in [-0.4, -0.2) is 0 Å². The molecule has 8 aromatic carbocycles. The Morgan fingerprint density at radius 3 is 1.36 bits per heavy atom. The second-order valence-corrected chi connectivity index (χ2v) is 13.8. The molecule has 1 aliphatic carbocycles. The first-order valence-corrected chi connectivity index (χ1v) is 17.4. The first-order chi connectivity index (χ1) is 24.5. The van der Waals surface area contributed by atoms with E-state index in [0.717, 1.165) is 17.1 Å². The summed E-state index contributed by atoms with van der Waals surface area (Å²) >= 11 is 0. The van der Waals surface area contributed by atoms with Crippen molar-refractivity contribution >= 4 is 27.8 Å². The van der Waals surface area contributed by atoms with E-state index in [1.165, 1.54) is 66.4 Å². The SMILES string of the molecule is CC1(C)c2ccc(N(c3ccc(-c4ccccc4)cc3)c3cc(-c4ccccc4)cc(-c4ccccc4)c3)cc2-c2cc3ccccc3cc21. The quantitative estimate of drug-likeness (QED) is 0.175. The molecular formula is C49H37N. The van der Waals surface area contributed by atoms with E-state index >= 15 is 0 Å². The highest BCUT2D eigenvalue weighted by Crippen LogP contribution is 2.52. The molecule has 1 heteroatoms. The fourth-order valence-corrected chi connectivity index (χ4v) is 7.78. The van der Waals surface area contributed by atoms with Crippen LogP contribution in [0.5, 0.6) is 0 Å². The van der Waals surface area contributed by atoms with Crippen molar-refractivity contribution in [2.75, 3.05) is 4.90 Å². The standard InChI is InChI=1S/C49H37N/c1-49(2)47-27-26-43(33-46(47)45-31-38-20-12-13-21-39(38)32-48(45)49)50(42-24-22-37(23-25-42)34-14-6-3-7-15-34)44-29-40(35-16-8-4-9-17-35)28-41(30-44)36-18-10-5-11-19-36/h3-33H,1-2H3. The van der Waals surface area contributed by atoms with Gasteiger partial charge in [0.25, 0.3) is 0 Å². The number of benzene rings is 8. The largest absolute Gasteiger partial charge is 0.310 e. The minimum Gasteiger partial charge on any atom is -0.310 e. The summed E-state index contributed by atoms with van der Waals surface area (Å²) < 4.78 is 0. The molecule has 0 saturated heterocycles. The second kappa shape index (κ2) is 12.1. The fraction of sp³-hybridized carbons (Fsp3) is 0.0612. The monoisotopic (exact) mass is 639 g/mol. The maximum Gasteiger partial charge on any atom is 0.0473 e. The molecular weight excluding hydrogens is 603 g/mol. The summed E-state index contributed by atoms with van der Waals surface area (Å²) in [5.74, 6) is 0. The molecule has 8 aromatic rings. The Hall–Kier alpha value is -6.18. The fourth-order valence-electron chi connectivity index (χ4n) is 7.78. The number of anilines is 3. The van der Waals surface area contributed by atoms with E-state index in [1.807, 2.05) is 0 Å². The zero-order valence-corrected chi connectivity index (χ0v) is 28.3. The van der Waals surface area contributed by atoms with Gasteiger partial charge in [-0.05, 0) is 121 Å². The van der Waals surface area contributed by atoms with Gasteiger partial charge in [-0.2, -0.15) is 0 Å². The van der Waals surface area contributed by atoms with E-state index in [4.69, 9.17) is 0 Å². The Morgan fingerprint density at radius 1 is 0.320 bits per heavy atom. The van der Waals surface area contributed by atoms with E-state index in [0.29, 0.717) is 0 Å². The van der Waals surface area contributed by atoms with Crippen LogP contribution < -0.4 is 4.90 Å². The van der Waals surface area contributed by atoms with E-state index in [1.54, 1.807) is 0 Å². The third kappa shape index (κ3) is 5.19. The zero-order valence-electron chi connectivity index (χ0n) is 28.3. The number of hydrogen-bond donors (Lipinski definition) is 0. The summed E-state index contributed by atoms with van der Waals surface area (Å²) in [5.41, 5.74) is 15.9. The third-order valence-electron chi connectivity index (χ3n) is 10.4. The lowest BCUT2D eigenvalue weighted by Crippen LogP contribution is -2.15. The van der Waals surface area contributed by atoms with E-state index in [-0.39, 0.29) is 5.41 Å². The first-order valence-electron chi connectivity index (χ1n) is 17.4. The van der Waals surface area contributed by atoms with Crippen molar-refractivity contribution in [2.45, 2.75) is 19.3 Å². The highest BCUT2D eigenvalue weighted by molar-refractivity contribution is 5.95. The van der Waals surface area contributed by atoms with Crippen LogP contribution in [-0.2, 0) is 5.41 Å². The highest BCUT2D eigenvalue weighted by atomic mass is 15.1. The van der Waals surface area contributed by atoms with Crippen LogP contribution in [0.3, 0.4) is 0 Å². The van der Waals surface area contributed by atoms with Gasteiger partial charge in [-0.3, -0.25) is 0 Å². The Labute approximate surface area is 294 Å². The summed E-state index contributed by atoms with van der Waals surface area (Å²) in [6.07, 6.45) is 0. The molecule has 0 heterocycles. The number of rotatable bonds is 6. The third-order valence-corrected chi connectivity index (χ3v) is 10.4. The topological polar surface area (TPSA) is 3.24 Å². The Balaban J connectivity index is 1.26. The molecule has 1 nitrogen and oxygen atoms in total. The highest BCUT2D eigenvalue weighted by Gasteiger charge is 2.36. The Morgan fingerprint density at radius 2 is 0.780 bits per heavy atom. The summed E-state index contributed by atoms with van der Waals surface area (Å²) in [6.45, 7) is 4.73. The van der Waals surface area contributed by atoms with Crippen LogP contribution in [0, 0.1) is 0 Å². The predicted molar refractivity (Wildman–Crippen MR) is 213 cm³/mol. The van der Waals surface area contributed by atoms with Crippen LogP contribution in [0.25, 0.3) is 55.3 Å². The van der Waals surface area contributed by atoms with Crippen molar-refractivity contribution < 1.29 is 0 Å². The number of fused-ring (bicyclic) bond motifs is 4. The van der Waals surface area contributed by atoms with Crippen molar-refractivity contribution in [3.8, 4) is 44.5 Å². The minimum absolute atomic E-state index is 0.0942. The maximum absolute atomic E-state index is 2.43. The van der Waals surface area contributed by atoms with Gasteiger partial charge in [-0.1, -0.05) is 147 Å². The van der Waals surface area contributed by atoms with Crippen LogP contribution in [0.1, 0.15) is 25.0 Å². The van der Waals surface area contributed by atoms with Crippen molar-refractivity contribution in [2.24, 2.45) is 0 Å². The average Bonchev–Trinajstić information content (AvgIpc) is 3.39. The summed E-state index contributed by atoms with van der Waals surface area (Å²) in [5, 5.41) is 2.57. The molecule has 0 unspecified atom stereocenters. The molecule has 0 saturated carbocycles. The molecule has 0 spiro atoms. The van der Waals surface area contributed by atoms with E-state index in [2.05, 4.69) is 207 Å². The minimum atomic E-state index is -0.0942. The number of hydrogen-bond acceptors (Lipinski definition) is 1. The lowest BCUT2D eigenvalue weighted by Gasteiger charge is -2.28. The summed E-state index contributed by atoms with van der Waals surface area (Å²) in [6, 6.07) is 68.7. The smallest absolute Gasteiger partial charge is 0.0473 e. The molecule has 50 heavy (non-hydrogen) atoms. The Kier molecular flexibility index (Phi) is 7.21. The van der Waals surface area contributed by atoms with Gasteiger partial charge in [0.05, 0.1) is 0 Å². The van der Waals surface area contributed by atoms with Crippen LogP contribution in [0.15, 0.2) is 188 Å². The van der Waals surface area contributed by atoms with Crippen LogP contribution in [0.4, 0.5) is 17.1 Å². The van der Waals surface area contributed by atoms with Crippen molar-refractivity contribution in [1.82, 2.24) is 0 Å². The molecule has 0 bridgehead atoms. The lowest BCUT2D eigenvalue weighted by molar-refractivity contribution is 0.661. The van der Waals surface area contributed by atoms with Gasteiger partial charge in [0, 0.05) is 22.5 Å². The number of nitrogens with zero attached hydrogens (tertiary/aromatic N) is 1. The average molecular weight is 640 g/mol. The molecule has 0 amide bonds. The maximum atomic E-state index is 2.43. The molecule has 0 radical (unpaired) electrons. The Bertz CT molecular complexity index is 2420. The molecule has 0 atom stereocenters. The lowest BCUT2D eigenvalue weighted by atomic mass is 9.82. The first kappa shape index (κ1) is 29.9. The summed E-state index contributed by atoms with van der Waals surface area (Å²) in [7, 11) is 0. The van der Waals surface area contributed by atoms with E-state index in [9.17, 15) is 0 Å². The second-order valence-electron chi connectivity index (χ2n) is 13.8. The molecule has 238 valence electrons. The van der Waals surface area contributed by atoms with Gasteiger partial charge in [0.1, 0.15) is 0 Å². The van der Waals surface area contributed by atoms with Gasteiger partial charge >= 0.3 is 0 Å². The molecule has 0 fully saturated rings. The van der Waals surface area contributed by atoms with Gasteiger partial charge in [-0.25, -0.2) is 0 Å². The zero-order chi connectivity index (χ0) is 33.7. The van der Waals surface area contributed by atoms with Crippen molar-refractivity contribution in [3.05, 3.63) is 199 Å². The van der Waals surface area contributed by atoms with Gasteiger partial charge in [-0.15, -0.1) is 0 Å². The summed E-state index contributed by atoms with van der Waals surface area (Å²) in [4.78, 5) is 2.43. The van der Waals surface area contributed by atoms with Crippen molar-refractivity contribution in [1.29, 1.82) is 0 Å². The van der Waals surface area contributed by atoms with Crippen molar-refractivity contribution in [3.63, 3.8) is 0 Å². The van der Waals surface area contributed by atoms with Gasteiger partial charge < -0.3 is 4.90 Å². The predicted octanol–water partition coefficient (Wildman–Crippen LogP) is 13.6. The molecule has 0 N–H and O–H groups in total. The molecule has 9 rings (SSSR count). The van der Waals surface area contributed by atoms with Crippen LogP contribution in [0.2, 0.25) is 0 Å². The van der Waals surface area contributed by atoms with E-state index < -0.39 is 0 Å². The molecule has 1 aliphatic rings. The van der Waals surface area contributed by atoms with Gasteiger partial charge in [0.15, 0.2) is 0 Å². The van der Waals surface area contributed by atoms with Gasteiger partial charge in [0.2, 0.25) is 0 Å². The molecule has 0 aliphatic heterocycles. The van der Waals surface area contributed by atoms with Crippen LogP contribution >= 0.6 is 0 Å². The molecule has 0 aromatic heterocycles. The normalized spacial score (nSPS) is 12.8.